The third kappa shape index (κ3) is 2.79. The van der Waals surface area contributed by atoms with Gasteiger partial charge in [0.05, 0.1) is 16.8 Å². The van der Waals surface area contributed by atoms with Crippen LogP contribution in [0.25, 0.3) is 10.9 Å². The summed E-state index contributed by atoms with van der Waals surface area (Å²) in [5.74, 6) is -0.982. The molecule has 0 aliphatic carbocycles. The van der Waals surface area contributed by atoms with Crippen LogP contribution in [0.15, 0.2) is 24.3 Å². The largest absolute Gasteiger partial charge is 0.460 e. The van der Waals surface area contributed by atoms with Gasteiger partial charge in [0.25, 0.3) is 0 Å². The Kier molecular flexibility index (Phi) is 4.03. The van der Waals surface area contributed by atoms with E-state index < -0.39 is 18.0 Å². The monoisotopic (exact) mass is 313 g/mol. The zero-order chi connectivity index (χ0) is 16.6. The summed E-state index contributed by atoms with van der Waals surface area (Å²) in [6, 6.07) is 7.68. The normalized spacial score (nSPS) is 20.6. The van der Waals surface area contributed by atoms with E-state index in [2.05, 4.69) is 4.98 Å². The van der Waals surface area contributed by atoms with Crippen LogP contribution in [0.1, 0.15) is 41.9 Å². The Morgan fingerprint density at radius 3 is 2.78 bits per heavy atom. The molecule has 0 spiro atoms. The van der Waals surface area contributed by atoms with Crippen molar-refractivity contribution >= 4 is 22.8 Å². The molecule has 1 saturated heterocycles. The van der Waals surface area contributed by atoms with Gasteiger partial charge in [-0.05, 0) is 31.9 Å². The van der Waals surface area contributed by atoms with Crippen molar-refractivity contribution < 1.29 is 19.1 Å². The number of cyclic esters (lactones) is 1. The first-order chi connectivity index (χ1) is 11.0. The van der Waals surface area contributed by atoms with Gasteiger partial charge in [-0.3, -0.25) is 4.98 Å². The minimum atomic E-state index is -0.826. The fraction of sp³-hybridized carbons (Fsp3) is 0.389. The second kappa shape index (κ2) is 5.99. The molecule has 2 aromatic rings. The van der Waals surface area contributed by atoms with Crippen LogP contribution in [0, 0.1) is 6.92 Å². The molecule has 1 fully saturated rings. The maximum Gasteiger partial charge on any atom is 0.347 e. The van der Waals surface area contributed by atoms with Crippen LogP contribution in [-0.4, -0.2) is 29.1 Å². The van der Waals surface area contributed by atoms with Crippen molar-refractivity contribution in [2.75, 3.05) is 0 Å². The number of carbonyl (C=O) groups is 2. The Labute approximate surface area is 134 Å². The van der Waals surface area contributed by atoms with Crippen molar-refractivity contribution in [2.24, 2.45) is 0 Å². The number of rotatable bonds is 3. The molecule has 1 aromatic carbocycles. The third-order valence-electron chi connectivity index (χ3n) is 4.14. The predicted octanol–water partition coefficient (Wildman–Crippen LogP) is 2.97. The molecule has 2 atom stereocenters. The lowest BCUT2D eigenvalue weighted by molar-refractivity contribution is -0.147. The number of esters is 2. The molecule has 0 unspecified atom stereocenters. The number of aromatic nitrogens is 1. The summed E-state index contributed by atoms with van der Waals surface area (Å²) in [4.78, 5) is 28.9. The number of ether oxygens (including phenoxy) is 2. The number of hydrogen-bond donors (Lipinski definition) is 0. The number of para-hydroxylation sites is 1. The summed E-state index contributed by atoms with van der Waals surface area (Å²) in [5, 5.41) is 0.916. The molecule has 0 N–H and O–H groups in total. The molecular weight excluding hydrogens is 294 g/mol. The Bertz CT molecular complexity index is 784. The lowest BCUT2D eigenvalue weighted by Crippen LogP contribution is -2.24. The molecular formula is C18H19NO4. The van der Waals surface area contributed by atoms with Crippen LogP contribution >= 0.6 is 0 Å². The zero-order valence-corrected chi connectivity index (χ0v) is 13.5. The average molecular weight is 313 g/mol. The van der Waals surface area contributed by atoms with E-state index >= 15 is 0 Å². The number of carbonyl (C=O) groups excluding carboxylic acids is 2. The van der Waals surface area contributed by atoms with Gasteiger partial charge in [0.15, 0.2) is 0 Å². The topological polar surface area (TPSA) is 65.5 Å². The van der Waals surface area contributed by atoms with Crippen molar-refractivity contribution in [3.63, 3.8) is 0 Å². The van der Waals surface area contributed by atoms with Crippen LogP contribution in [0.5, 0.6) is 0 Å². The summed E-state index contributed by atoms with van der Waals surface area (Å²) < 4.78 is 10.4. The molecule has 5 nitrogen and oxygen atoms in total. The van der Waals surface area contributed by atoms with E-state index in [1.807, 2.05) is 38.1 Å². The summed E-state index contributed by atoms with van der Waals surface area (Å²) in [6.45, 7) is 5.61. The molecule has 0 radical (unpaired) electrons. The van der Waals surface area contributed by atoms with Crippen LogP contribution in [0.4, 0.5) is 0 Å². The molecule has 3 rings (SSSR count). The highest BCUT2D eigenvalue weighted by Crippen LogP contribution is 2.26. The first kappa shape index (κ1) is 15.5. The van der Waals surface area contributed by atoms with Gasteiger partial charge in [-0.15, -0.1) is 0 Å². The molecule has 1 aliphatic rings. The van der Waals surface area contributed by atoms with Crippen LogP contribution in [0.3, 0.4) is 0 Å². The highest BCUT2D eigenvalue weighted by atomic mass is 16.6. The second-order valence-electron chi connectivity index (χ2n) is 5.81. The molecule has 1 aromatic heterocycles. The maximum atomic E-state index is 12.6. The zero-order valence-electron chi connectivity index (χ0n) is 13.5. The Morgan fingerprint density at radius 2 is 2.13 bits per heavy atom. The fourth-order valence-corrected chi connectivity index (χ4v) is 2.97. The van der Waals surface area contributed by atoms with Gasteiger partial charge in [0.1, 0.15) is 6.10 Å². The van der Waals surface area contributed by atoms with Crippen LogP contribution in [0.2, 0.25) is 0 Å². The van der Waals surface area contributed by atoms with Gasteiger partial charge >= 0.3 is 11.9 Å². The van der Waals surface area contributed by atoms with Crippen molar-refractivity contribution in [3.8, 4) is 0 Å². The van der Waals surface area contributed by atoms with Gasteiger partial charge in [0, 0.05) is 11.8 Å². The van der Waals surface area contributed by atoms with Gasteiger partial charge in [-0.1, -0.05) is 25.1 Å². The molecule has 0 saturated carbocycles. The number of nitrogens with zero attached hydrogens (tertiary/aromatic N) is 1. The highest BCUT2D eigenvalue weighted by Gasteiger charge is 2.36. The van der Waals surface area contributed by atoms with Gasteiger partial charge < -0.3 is 9.47 Å². The van der Waals surface area contributed by atoms with E-state index in [1.165, 1.54) is 0 Å². The number of aryl methyl sites for hydroxylation is 2. The molecule has 0 amide bonds. The standard InChI is InChI=1S/C18H19NO4/c1-4-13-16(11(3)12-7-5-6-8-14(12)19-13)18(21)23-15-9-10(2)22-17(15)20/h5-8,10,15H,4,9H2,1-3H3/t10-,15+/m1/s1. The van der Waals surface area contributed by atoms with Gasteiger partial charge in [-0.25, -0.2) is 9.59 Å². The molecule has 0 bridgehead atoms. The van der Waals surface area contributed by atoms with Crippen molar-refractivity contribution in [1.82, 2.24) is 4.98 Å². The smallest absolute Gasteiger partial charge is 0.347 e. The number of hydrogen-bond acceptors (Lipinski definition) is 5. The van der Waals surface area contributed by atoms with E-state index in [9.17, 15) is 9.59 Å². The maximum absolute atomic E-state index is 12.6. The van der Waals surface area contributed by atoms with Gasteiger partial charge in [0.2, 0.25) is 6.10 Å². The van der Waals surface area contributed by atoms with E-state index in [1.54, 1.807) is 6.92 Å². The lowest BCUT2D eigenvalue weighted by atomic mass is 10.0. The summed E-state index contributed by atoms with van der Waals surface area (Å²) in [6.07, 6.45) is -0.0388. The van der Waals surface area contributed by atoms with Crippen LogP contribution < -0.4 is 0 Å². The minimum absolute atomic E-state index is 0.221. The molecule has 120 valence electrons. The Balaban J connectivity index is 1.99. The van der Waals surface area contributed by atoms with E-state index in [-0.39, 0.29) is 6.10 Å². The fourth-order valence-electron chi connectivity index (χ4n) is 2.97. The lowest BCUT2D eigenvalue weighted by Gasteiger charge is -2.14. The van der Waals surface area contributed by atoms with E-state index in [0.29, 0.717) is 24.1 Å². The minimum Gasteiger partial charge on any atom is -0.460 e. The molecule has 23 heavy (non-hydrogen) atoms. The first-order valence-corrected chi connectivity index (χ1v) is 7.81. The Hall–Kier alpha value is -2.43. The number of pyridine rings is 1. The second-order valence-corrected chi connectivity index (χ2v) is 5.81. The molecule has 1 aliphatic heterocycles. The van der Waals surface area contributed by atoms with Crippen molar-refractivity contribution in [3.05, 3.63) is 41.1 Å². The predicted molar refractivity (Wildman–Crippen MR) is 85.2 cm³/mol. The van der Waals surface area contributed by atoms with Gasteiger partial charge in [-0.2, -0.15) is 0 Å². The van der Waals surface area contributed by atoms with E-state index in [4.69, 9.17) is 9.47 Å². The third-order valence-corrected chi connectivity index (χ3v) is 4.14. The van der Waals surface area contributed by atoms with Crippen molar-refractivity contribution in [2.45, 2.75) is 45.8 Å². The quantitative estimate of drug-likeness (QED) is 0.815. The van der Waals surface area contributed by atoms with Crippen molar-refractivity contribution in [1.29, 1.82) is 0 Å². The van der Waals surface area contributed by atoms with Crippen LogP contribution in [-0.2, 0) is 20.7 Å². The SMILES string of the molecule is CCc1nc2ccccc2c(C)c1C(=O)O[C@H]1C[C@@H](C)OC1=O. The summed E-state index contributed by atoms with van der Waals surface area (Å²) >= 11 is 0. The highest BCUT2D eigenvalue weighted by molar-refractivity contribution is 5.99. The number of fused-ring (bicyclic) bond motifs is 1. The molecule has 5 heteroatoms. The summed E-state index contributed by atoms with van der Waals surface area (Å²) in [7, 11) is 0. The first-order valence-electron chi connectivity index (χ1n) is 7.81. The van der Waals surface area contributed by atoms with E-state index in [0.717, 1.165) is 16.5 Å². The number of benzene rings is 1. The molecule has 2 heterocycles. The Morgan fingerprint density at radius 1 is 1.39 bits per heavy atom. The summed E-state index contributed by atoms with van der Waals surface area (Å²) in [5.41, 5.74) is 2.83. The average Bonchev–Trinajstić information content (AvgIpc) is 2.84.